The zero-order chi connectivity index (χ0) is 45.4. The number of carbonyl (C=O) groups is 9. The number of nitrogens with zero attached hydrogens (tertiary/aromatic N) is 3. The van der Waals surface area contributed by atoms with E-state index in [1.807, 2.05) is 0 Å². The van der Waals surface area contributed by atoms with E-state index in [0.717, 1.165) is 18.2 Å². The van der Waals surface area contributed by atoms with Crippen LogP contribution < -0.4 is 16.0 Å². The third kappa shape index (κ3) is 22.5. The molecule has 60 heavy (non-hydrogen) atoms. The highest BCUT2D eigenvalue weighted by Gasteiger charge is 2.25. The molecule has 0 saturated heterocycles. The second-order valence-corrected chi connectivity index (χ2v) is 14.3. The molecule has 21 heteroatoms. The van der Waals surface area contributed by atoms with Crippen LogP contribution in [0.25, 0.3) is 0 Å². The molecule has 0 aromatic rings. The molecule has 3 atom stereocenters. The smallest absolute Gasteiger partial charge is 0.328 e. The van der Waals surface area contributed by atoms with Crippen LogP contribution in [0.2, 0.25) is 0 Å². The van der Waals surface area contributed by atoms with Crippen molar-refractivity contribution in [1.82, 2.24) is 31.1 Å². The molecule has 6 N–H and O–H groups in total. The van der Waals surface area contributed by atoms with Crippen LogP contribution in [0.1, 0.15) is 99.3 Å². The largest absolute Gasteiger partial charge is 0.464 e. The van der Waals surface area contributed by atoms with E-state index in [2.05, 4.69) is 16.0 Å². The van der Waals surface area contributed by atoms with Gasteiger partial charge in [-0.15, -0.1) is 0 Å². The van der Waals surface area contributed by atoms with Crippen molar-refractivity contribution >= 4 is 53.4 Å². The first-order valence-corrected chi connectivity index (χ1v) is 19.5. The van der Waals surface area contributed by atoms with Gasteiger partial charge < -0.3 is 30.2 Å². The summed E-state index contributed by atoms with van der Waals surface area (Å²) in [5.41, 5.74) is 1.32. The van der Waals surface area contributed by atoms with E-state index >= 15 is 0 Å². The Morgan fingerprint density at radius 2 is 0.733 bits per heavy atom. The molecule has 0 bridgehead atoms. The Bertz CT molecular complexity index is 1440. The van der Waals surface area contributed by atoms with Crippen LogP contribution >= 0.6 is 0 Å². The fourth-order valence-corrected chi connectivity index (χ4v) is 5.46. The Morgan fingerprint density at radius 1 is 0.500 bits per heavy atom. The van der Waals surface area contributed by atoms with Crippen LogP contribution in [0, 0.1) is 0 Å². The maximum Gasteiger partial charge on any atom is 0.328 e. The molecule has 0 radical (unpaired) electrons. The summed E-state index contributed by atoms with van der Waals surface area (Å²) >= 11 is 0. The van der Waals surface area contributed by atoms with Crippen molar-refractivity contribution in [3.8, 4) is 0 Å². The number of esters is 3. The third-order valence-electron chi connectivity index (χ3n) is 8.67. The number of hydroxylamine groups is 6. The van der Waals surface area contributed by atoms with Crippen LogP contribution in [0.15, 0.2) is 34.9 Å². The van der Waals surface area contributed by atoms with Gasteiger partial charge in [0.05, 0.1) is 19.8 Å². The first-order valence-electron chi connectivity index (χ1n) is 19.5. The minimum atomic E-state index is -1.11. The lowest BCUT2D eigenvalue weighted by atomic mass is 10.1. The maximum absolute atomic E-state index is 12.8. The summed E-state index contributed by atoms with van der Waals surface area (Å²) < 4.78 is 15.9. The van der Waals surface area contributed by atoms with E-state index < -0.39 is 71.5 Å². The Hall–Kier alpha value is -5.67. The summed E-state index contributed by atoms with van der Waals surface area (Å²) in [5, 5.41) is 39.6. The van der Waals surface area contributed by atoms with Crippen molar-refractivity contribution in [2.75, 3.05) is 39.5 Å². The number of ether oxygens (including phenoxy) is 3. The second kappa shape index (κ2) is 27.9. The van der Waals surface area contributed by atoms with Gasteiger partial charge in [0.15, 0.2) is 0 Å². The van der Waals surface area contributed by atoms with Gasteiger partial charge in [0, 0.05) is 77.9 Å². The van der Waals surface area contributed by atoms with Crippen molar-refractivity contribution in [1.29, 1.82) is 0 Å². The summed E-state index contributed by atoms with van der Waals surface area (Å²) in [6, 6.07) is -3.33. The van der Waals surface area contributed by atoms with Gasteiger partial charge in [-0.05, 0) is 59.3 Å². The Kier molecular flexibility index (Phi) is 24.4. The number of hydrogen-bond acceptors (Lipinski definition) is 15. The van der Waals surface area contributed by atoms with Gasteiger partial charge in [0.2, 0.25) is 17.7 Å². The molecular weight excluding hydrogens is 792 g/mol. The first-order chi connectivity index (χ1) is 28.2. The maximum atomic E-state index is 12.8. The van der Waals surface area contributed by atoms with E-state index in [9.17, 15) is 58.8 Å². The van der Waals surface area contributed by atoms with Crippen molar-refractivity contribution in [2.45, 2.75) is 117 Å². The highest BCUT2D eigenvalue weighted by molar-refractivity contribution is 5.89. The number of carbonyl (C=O) groups excluding carboxylic acids is 9. The predicted octanol–water partition coefficient (Wildman–Crippen LogP) is 1.15. The van der Waals surface area contributed by atoms with Gasteiger partial charge >= 0.3 is 17.9 Å². The van der Waals surface area contributed by atoms with E-state index in [4.69, 9.17) is 14.2 Å². The summed E-state index contributed by atoms with van der Waals surface area (Å²) in [7, 11) is 0. The number of amides is 6. The molecule has 0 saturated carbocycles. The highest BCUT2D eigenvalue weighted by atomic mass is 16.5. The SMILES string of the molecule is CC(=O)NC1CCCN(O)C(=O)/C=C(/C)CCOC(=O)C(NC(C)=O)CCCN(O)C(=O)/C=C(/C)CCOC(=O)C(NC(C)=O)CCCN(O)C(=O)/C=C(/C)CCOC1=O. The van der Waals surface area contributed by atoms with Gasteiger partial charge in [0.1, 0.15) is 18.1 Å². The van der Waals surface area contributed by atoms with Gasteiger partial charge in [-0.3, -0.25) is 44.4 Å². The number of hydrogen-bond donors (Lipinski definition) is 6. The van der Waals surface area contributed by atoms with Gasteiger partial charge in [-0.2, -0.15) is 0 Å². The normalized spacial score (nSPS) is 24.9. The molecule has 21 nitrogen and oxygen atoms in total. The van der Waals surface area contributed by atoms with Crippen molar-refractivity contribution in [3.05, 3.63) is 34.9 Å². The quantitative estimate of drug-likeness (QED) is 0.132. The Balaban J connectivity index is 3.15. The van der Waals surface area contributed by atoms with Crippen molar-refractivity contribution in [2.24, 2.45) is 0 Å². The highest BCUT2D eigenvalue weighted by Crippen LogP contribution is 2.11. The molecule has 1 aliphatic rings. The number of nitrogens with one attached hydrogen (secondary N) is 3. The van der Waals surface area contributed by atoms with E-state index in [1.54, 1.807) is 20.8 Å². The number of cyclic esters (lactones) is 3. The molecule has 0 spiro atoms. The van der Waals surface area contributed by atoms with Gasteiger partial charge in [0.25, 0.3) is 17.7 Å². The minimum Gasteiger partial charge on any atom is -0.464 e. The summed E-state index contributed by atoms with van der Waals surface area (Å²) in [5.74, 6) is -6.32. The van der Waals surface area contributed by atoms with E-state index in [-0.39, 0.29) is 97.2 Å². The fourth-order valence-electron chi connectivity index (χ4n) is 5.46. The molecule has 0 aromatic carbocycles. The molecule has 1 heterocycles. The van der Waals surface area contributed by atoms with E-state index in [1.165, 1.54) is 20.8 Å². The standard InChI is InChI=1S/C39H60N6O15/c1-25-13-19-58-37(52)31(40-28(4)46)11-8-17-44(56)35(50)23-27(3)15-21-60-39(54)33(42-30(6)48)12-9-18-45(57)36(51)24-26(2)14-20-59-38(53)32(41-29(5)47)10-7-16-43(55)34(49)22-25/h22-24,31-33,55-57H,7-21H2,1-6H3,(H,40,46)(H,41,47)(H,42,48)/b25-22-,26-24-,27-23-. The van der Waals surface area contributed by atoms with E-state index in [0.29, 0.717) is 31.9 Å². The summed E-state index contributed by atoms with van der Waals surface area (Å²) in [6.45, 7) is 7.11. The Labute approximate surface area is 349 Å². The molecule has 1 rings (SSSR count). The monoisotopic (exact) mass is 852 g/mol. The topological polar surface area (TPSA) is 288 Å². The molecule has 1 aliphatic heterocycles. The van der Waals surface area contributed by atoms with Gasteiger partial charge in [-0.1, -0.05) is 16.7 Å². The van der Waals surface area contributed by atoms with Crippen LogP contribution in [0.4, 0.5) is 0 Å². The molecule has 3 unspecified atom stereocenters. The van der Waals surface area contributed by atoms with Crippen molar-refractivity contribution < 1.29 is 73.0 Å². The number of rotatable bonds is 3. The lowest BCUT2D eigenvalue weighted by molar-refractivity contribution is -0.160. The zero-order valence-corrected chi connectivity index (χ0v) is 35.2. The van der Waals surface area contributed by atoms with Crippen LogP contribution in [0.5, 0.6) is 0 Å². The summed E-state index contributed by atoms with van der Waals surface area (Å²) in [4.78, 5) is 111. The third-order valence-corrected chi connectivity index (χ3v) is 8.67. The molecule has 0 aliphatic carbocycles. The second-order valence-electron chi connectivity index (χ2n) is 14.3. The summed E-state index contributed by atoms with van der Waals surface area (Å²) in [6.07, 6.45) is 3.86. The van der Waals surface area contributed by atoms with Crippen LogP contribution in [0.3, 0.4) is 0 Å². The van der Waals surface area contributed by atoms with Crippen LogP contribution in [-0.4, -0.2) is 142 Å². The minimum absolute atomic E-state index is 0.00642. The molecule has 336 valence electrons. The van der Waals surface area contributed by atoms with Gasteiger partial charge in [-0.25, -0.2) is 29.6 Å². The average molecular weight is 853 g/mol. The molecule has 0 fully saturated rings. The molecule has 6 amide bonds. The fraction of sp³-hybridized carbons (Fsp3) is 0.615. The predicted molar refractivity (Wildman–Crippen MR) is 209 cm³/mol. The van der Waals surface area contributed by atoms with Crippen LogP contribution in [-0.2, 0) is 57.4 Å². The lowest BCUT2D eigenvalue weighted by Crippen LogP contribution is -2.41. The Morgan fingerprint density at radius 3 is 0.950 bits per heavy atom. The van der Waals surface area contributed by atoms with Crippen molar-refractivity contribution in [3.63, 3.8) is 0 Å². The first kappa shape index (κ1) is 52.3. The lowest BCUT2D eigenvalue weighted by Gasteiger charge is -2.19. The molecule has 0 aromatic heterocycles. The zero-order valence-electron chi connectivity index (χ0n) is 35.2. The molecular formula is C39H60N6O15. The average Bonchev–Trinajstić information content (AvgIpc) is 3.15.